The lowest BCUT2D eigenvalue weighted by molar-refractivity contribution is -0.110. The maximum atomic E-state index is 10.6. The predicted octanol–water partition coefficient (Wildman–Crippen LogP) is 2.13. The SMILES string of the molecule is C=CSC(=C)C(=O)C=C. The van der Waals surface area contributed by atoms with Crippen LogP contribution in [-0.4, -0.2) is 5.78 Å². The van der Waals surface area contributed by atoms with Crippen molar-refractivity contribution in [2.45, 2.75) is 0 Å². The van der Waals surface area contributed by atoms with Crippen molar-refractivity contribution in [3.05, 3.63) is 36.1 Å². The van der Waals surface area contributed by atoms with E-state index in [4.69, 9.17) is 0 Å². The van der Waals surface area contributed by atoms with Gasteiger partial charge >= 0.3 is 0 Å². The zero-order valence-corrected chi connectivity index (χ0v) is 5.91. The van der Waals surface area contributed by atoms with Crippen LogP contribution in [0.2, 0.25) is 0 Å². The average molecular weight is 140 g/mol. The van der Waals surface area contributed by atoms with Crippen LogP contribution in [0.5, 0.6) is 0 Å². The van der Waals surface area contributed by atoms with Crippen molar-refractivity contribution in [1.82, 2.24) is 0 Å². The van der Waals surface area contributed by atoms with Gasteiger partial charge in [-0.05, 0) is 11.5 Å². The second-order valence-corrected chi connectivity index (χ2v) is 2.34. The Morgan fingerprint density at radius 1 is 1.44 bits per heavy atom. The number of hydrogen-bond acceptors (Lipinski definition) is 2. The van der Waals surface area contributed by atoms with Crippen molar-refractivity contribution < 1.29 is 4.79 Å². The van der Waals surface area contributed by atoms with Gasteiger partial charge in [0.25, 0.3) is 0 Å². The first-order valence-electron chi connectivity index (χ1n) is 2.35. The van der Waals surface area contributed by atoms with Crippen LogP contribution in [0.3, 0.4) is 0 Å². The van der Waals surface area contributed by atoms with Crippen LogP contribution in [0.1, 0.15) is 0 Å². The van der Waals surface area contributed by atoms with Gasteiger partial charge in [-0.25, -0.2) is 0 Å². The molecule has 1 nitrogen and oxygen atoms in total. The molecule has 0 aromatic heterocycles. The molecule has 0 spiro atoms. The summed E-state index contributed by atoms with van der Waals surface area (Å²) in [6.07, 6.45) is 1.23. The number of carbonyl (C=O) groups excluding carboxylic acids is 1. The Balaban J connectivity index is 3.87. The summed E-state index contributed by atoms with van der Waals surface area (Å²) in [6, 6.07) is 0. The number of allylic oxidation sites excluding steroid dienone is 2. The van der Waals surface area contributed by atoms with Crippen LogP contribution in [0.25, 0.3) is 0 Å². The van der Waals surface area contributed by atoms with E-state index in [2.05, 4.69) is 19.7 Å². The molecule has 0 saturated carbocycles. The van der Waals surface area contributed by atoms with Crippen LogP contribution >= 0.6 is 11.8 Å². The van der Waals surface area contributed by atoms with Gasteiger partial charge in [0.1, 0.15) is 0 Å². The van der Waals surface area contributed by atoms with E-state index in [-0.39, 0.29) is 5.78 Å². The van der Waals surface area contributed by atoms with E-state index < -0.39 is 0 Å². The summed E-state index contributed by atoms with van der Waals surface area (Å²) in [5.74, 6) is -0.139. The lowest BCUT2D eigenvalue weighted by Gasteiger charge is -1.91. The molecule has 0 aromatic rings. The summed E-state index contributed by atoms with van der Waals surface area (Å²) in [5, 5.41) is 1.56. The van der Waals surface area contributed by atoms with Gasteiger partial charge in [-0.1, -0.05) is 31.5 Å². The minimum absolute atomic E-state index is 0.139. The minimum Gasteiger partial charge on any atom is -0.289 e. The molecular weight excluding hydrogens is 132 g/mol. The van der Waals surface area contributed by atoms with Crippen LogP contribution in [0, 0.1) is 0 Å². The lowest BCUT2D eigenvalue weighted by Crippen LogP contribution is -1.89. The molecule has 0 heterocycles. The number of rotatable bonds is 4. The topological polar surface area (TPSA) is 17.1 Å². The van der Waals surface area contributed by atoms with E-state index in [9.17, 15) is 4.79 Å². The Labute approximate surface area is 59.1 Å². The highest BCUT2D eigenvalue weighted by Gasteiger charge is 1.98. The first kappa shape index (κ1) is 8.24. The molecule has 0 radical (unpaired) electrons. The van der Waals surface area contributed by atoms with Crippen molar-refractivity contribution in [2.24, 2.45) is 0 Å². The van der Waals surface area contributed by atoms with Crippen molar-refractivity contribution in [2.75, 3.05) is 0 Å². The first-order valence-corrected chi connectivity index (χ1v) is 3.23. The molecule has 48 valence electrons. The number of hydrogen-bond donors (Lipinski definition) is 0. The molecule has 0 aliphatic heterocycles. The summed E-state index contributed by atoms with van der Waals surface area (Å²) in [4.78, 5) is 11.1. The van der Waals surface area contributed by atoms with Crippen molar-refractivity contribution in [3.8, 4) is 0 Å². The van der Waals surface area contributed by atoms with Crippen molar-refractivity contribution >= 4 is 17.5 Å². The summed E-state index contributed by atoms with van der Waals surface area (Å²) >= 11 is 1.21. The van der Waals surface area contributed by atoms with E-state index >= 15 is 0 Å². The molecule has 0 unspecified atom stereocenters. The fourth-order valence-corrected chi connectivity index (χ4v) is 0.673. The number of thioether (sulfide) groups is 1. The van der Waals surface area contributed by atoms with E-state index in [1.54, 1.807) is 5.41 Å². The molecule has 9 heavy (non-hydrogen) atoms. The van der Waals surface area contributed by atoms with Crippen LogP contribution in [0.15, 0.2) is 36.1 Å². The smallest absolute Gasteiger partial charge is 0.191 e. The molecule has 0 saturated heterocycles. The molecule has 0 N–H and O–H groups in total. The first-order chi connectivity index (χ1) is 4.22. The maximum Gasteiger partial charge on any atom is 0.191 e. The molecule has 0 amide bonds. The normalized spacial score (nSPS) is 8.00. The fraction of sp³-hybridized carbons (Fsp3) is 0. The molecule has 0 aliphatic rings. The third-order valence-electron chi connectivity index (χ3n) is 0.686. The third kappa shape index (κ3) is 2.93. The predicted molar refractivity (Wildman–Crippen MR) is 42.1 cm³/mol. The van der Waals surface area contributed by atoms with Crippen molar-refractivity contribution in [3.63, 3.8) is 0 Å². The Morgan fingerprint density at radius 3 is 2.33 bits per heavy atom. The van der Waals surface area contributed by atoms with Gasteiger partial charge in [0, 0.05) is 0 Å². The fourth-order valence-electron chi connectivity index (χ4n) is 0.273. The maximum absolute atomic E-state index is 10.6. The zero-order chi connectivity index (χ0) is 7.28. The summed E-state index contributed by atoms with van der Waals surface area (Å²) < 4.78 is 0. The van der Waals surface area contributed by atoms with Crippen LogP contribution in [0.4, 0.5) is 0 Å². The van der Waals surface area contributed by atoms with Gasteiger partial charge in [-0.2, -0.15) is 0 Å². The van der Waals surface area contributed by atoms with Gasteiger partial charge in [-0.3, -0.25) is 4.79 Å². The summed E-state index contributed by atoms with van der Waals surface area (Å²) in [7, 11) is 0. The zero-order valence-electron chi connectivity index (χ0n) is 5.09. The quantitative estimate of drug-likeness (QED) is 0.556. The molecule has 0 bridgehead atoms. The van der Waals surface area contributed by atoms with Crippen molar-refractivity contribution in [1.29, 1.82) is 0 Å². The van der Waals surface area contributed by atoms with Gasteiger partial charge < -0.3 is 0 Å². The van der Waals surface area contributed by atoms with E-state index in [0.29, 0.717) is 4.91 Å². The molecule has 0 aliphatic carbocycles. The lowest BCUT2D eigenvalue weighted by atomic mass is 10.4. The highest BCUT2D eigenvalue weighted by Crippen LogP contribution is 2.14. The molecule has 2 heteroatoms. The summed E-state index contributed by atoms with van der Waals surface area (Å²) in [6.45, 7) is 10.2. The van der Waals surface area contributed by atoms with Gasteiger partial charge in [0.2, 0.25) is 0 Å². The van der Waals surface area contributed by atoms with Gasteiger partial charge in [0.05, 0.1) is 4.91 Å². The van der Waals surface area contributed by atoms with E-state index in [1.807, 2.05) is 0 Å². The average Bonchev–Trinajstić information content (AvgIpc) is 1.87. The molecule has 0 rings (SSSR count). The minimum atomic E-state index is -0.139. The third-order valence-corrected chi connectivity index (χ3v) is 1.34. The second-order valence-electron chi connectivity index (χ2n) is 1.28. The molecular formula is C7H8OS. The monoisotopic (exact) mass is 140 g/mol. The number of carbonyl (C=O) groups is 1. The standard InChI is InChI=1S/C7H8OS/c1-4-7(8)6(3)9-5-2/h4-5H,1-3H2. The second kappa shape index (κ2) is 4.15. The number of ketones is 1. The Hall–Kier alpha value is -0.760. The van der Waals surface area contributed by atoms with E-state index in [1.165, 1.54) is 17.8 Å². The Morgan fingerprint density at radius 2 is 2.00 bits per heavy atom. The van der Waals surface area contributed by atoms with E-state index in [0.717, 1.165) is 0 Å². The van der Waals surface area contributed by atoms with Crippen LogP contribution in [-0.2, 0) is 4.79 Å². The highest BCUT2D eigenvalue weighted by molar-refractivity contribution is 8.06. The van der Waals surface area contributed by atoms with Gasteiger partial charge in [0.15, 0.2) is 5.78 Å². The molecule has 0 fully saturated rings. The summed E-state index contributed by atoms with van der Waals surface area (Å²) in [5.41, 5.74) is 0. The largest absolute Gasteiger partial charge is 0.289 e. The highest BCUT2D eigenvalue weighted by atomic mass is 32.2. The Bertz CT molecular complexity index is 158. The van der Waals surface area contributed by atoms with Crippen LogP contribution < -0.4 is 0 Å². The Kier molecular flexibility index (Phi) is 3.80. The molecule has 0 aromatic carbocycles. The molecule has 0 atom stereocenters. The van der Waals surface area contributed by atoms with Gasteiger partial charge in [-0.15, -0.1) is 0 Å².